The van der Waals surface area contributed by atoms with Crippen molar-refractivity contribution < 1.29 is 0 Å². The average Bonchev–Trinajstić information content (AvgIpc) is 2.05. The van der Waals surface area contributed by atoms with E-state index in [0.29, 0.717) is 0 Å². The van der Waals surface area contributed by atoms with Crippen LogP contribution in [0.4, 0.5) is 0 Å². The molecule has 0 aliphatic carbocycles. The van der Waals surface area contributed by atoms with Crippen LogP contribution in [-0.2, 0) is 6.42 Å². The third kappa shape index (κ3) is 1.70. The summed E-state index contributed by atoms with van der Waals surface area (Å²) in [5.74, 6) is 0.923. The van der Waals surface area contributed by atoms with E-state index >= 15 is 0 Å². The highest BCUT2D eigenvalue weighted by molar-refractivity contribution is 7.98. The van der Waals surface area contributed by atoms with E-state index in [-0.39, 0.29) is 0 Å². The second kappa shape index (κ2) is 3.56. The van der Waals surface area contributed by atoms with Gasteiger partial charge in [0.25, 0.3) is 0 Å². The van der Waals surface area contributed by atoms with Gasteiger partial charge in [0, 0.05) is 12.6 Å². The number of hydrogen-bond donors (Lipinski definition) is 0. The minimum Gasteiger partial charge on any atom is -0.241 e. The molecular weight excluding hydrogens is 144 g/mol. The van der Waals surface area contributed by atoms with Crippen LogP contribution < -0.4 is 0 Å². The van der Waals surface area contributed by atoms with E-state index in [4.69, 9.17) is 0 Å². The Morgan fingerprint density at radius 3 is 3.00 bits per heavy atom. The third-order valence-electron chi connectivity index (χ3n) is 1.21. The Hall–Kier alpha value is -0.570. The Balaban J connectivity index is 2.87. The fourth-order valence-corrected chi connectivity index (χ4v) is 1.06. The van der Waals surface area contributed by atoms with Crippen molar-refractivity contribution in [3.05, 3.63) is 18.1 Å². The molecule has 1 heterocycles. The summed E-state index contributed by atoms with van der Waals surface area (Å²) in [7, 11) is 0. The molecule has 1 aromatic heterocycles. The molecule has 0 N–H and O–H groups in total. The van der Waals surface area contributed by atoms with Crippen molar-refractivity contribution in [2.45, 2.75) is 18.4 Å². The SMILES string of the molecule is CCc1nccc(SC)n1. The lowest BCUT2D eigenvalue weighted by Gasteiger charge is -1.96. The molecule has 0 bridgehead atoms. The van der Waals surface area contributed by atoms with Gasteiger partial charge in [0.1, 0.15) is 5.82 Å². The van der Waals surface area contributed by atoms with Crippen LogP contribution in [-0.4, -0.2) is 16.2 Å². The summed E-state index contributed by atoms with van der Waals surface area (Å²) in [5.41, 5.74) is 0. The molecule has 54 valence electrons. The molecule has 0 aromatic carbocycles. The van der Waals surface area contributed by atoms with Crippen LogP contribution in [0.2, 0.25) is 0 Å². The van der Waals surface area contributed by atoms with Crippen molar-refractivity contribution in [1.82, 2.24) is 9.97 Å². The van der Waals surface area contributed by atoms with Crippen LogP contribution in [0.25, 0.3) is 0 Å². The molecule has 3 heteroatoms. The van der Waals surface area contributed by atoms with Crippen molar-refractivity contribution in [3.8, 4) is 0 Å². The second-order valence-corrected chi connectivity index (χ2v) is 2.70. The Morgan fingerprint density at radius 1 is 1.60 bits per heavy atom. The molecule has 0 amide bonds. The molecule has 0 saturated heterocycles. The van der Waals surface area contributed by atoms with Gasteiger partial charge < -0.3 is 0 Å². The van der Waals surface area contributed by atoms with Crippen molar-refractivity contribution >= 4 is 11.8 Å². The summed E-state index contributed by atoms with van der Waals surface area (Å²) < 4.78 is 0. The van der Waals surface area contributed by atoms with Gasteiger partial charge in [-0.3, -0.25) is 0 Å². The van der Waals surface area contributed by atoms with Gasteiger partial charge in [-0.1, -0.05) is 6.92 Å². The van der Waals surface area contributed by atoms with Crippen LogP contribution in [0.5, 0.6) is 0 Å². The fraction of sp³-hybridized carbons (Fsp3) is 0.429. The van der Waals surface area contributed by atoms with Crippen LogP contribution in [0.1, 0.15) is 12.7 Å². The second-order valence-electron chi connectivity index (χ2n) is 1.87. The summed E-state index contributed by atoms with van der Waals surface area (Å²) >= 11 is 1.65. The molecule has 0 fully saturated rings. The van der Waals surface area contributed by atoms with E-state index in [1.165, 1.54) is 0 Å². The molecule has 1 aromatic rings. The zero-order valence-electron chi connectivity index (χ0n) is 6.16. The molecule has 10 heavy (non-hydrogen) atoms. The first-order chi connectivity index (χ1) is 4.86. The lowest BCUT2D eigenvalue weighted by Crippen LogP contribution is -1.91. The Morgan fingerprint density at radius 2 is 2.40 bits per heavy atom. The standard InChI is InChI=1S/C7H10N2S/c1-3-6-8-5-4-7(9-6)10-2/h4-5H,3H2,1-2H3. The number of aryl methyl sites for hydroxylation is 1. The number of nitrogens with zero attached hydrogens (tertiary/aromatic N) is 2. The van der Waals surface area contributed by atoms with E-state index in [9.17, 15) is 0 Å². The minimum atomic E-state index is 0.911. The summed E-state index contributed by atoms with van der Waals surface area (Å²) in [6, 6.07) is 1.92. The van der Waals surface area contributed by atoms with Gasteiger partial charge in [-0.25, -0.2) is 9.97 Å². The molecule has 0 aliphatic heterocycles. The first kappa shape index (κ1) is 7.54. The molecule has 0 atom stereocenters. The molecule has 0 saturated carbocycles. The lowest BCUT2D eigenvalue weighted by atomic mass is 10.4. The topological polar surface area (TPSA) is 25.8 Å². The van der Waals surface area contributed by atoms with Crippen LogP contribution in [0.3, 0.4) is 0 Å². The monoisotopic (exact) mass is 154 g/mol. The molecule has 0 aliphatic rings. The van der Waals surface area contributed by atoms with Crippen molar-refractivity contribution in [2.75, 3.05) is 6.26 Å². The summed E-state index contributed by atoms with van der Waals surface area (Å²) in [5, 5.41) is 1.05. The molecule has 0 spiro atoms. The molecule has 2 nitrogen and oxygen atoms in total. The third-order valence-corrected chi connectivity index (χ3v) is 1.85. The summed E-state index contributed by atoms with van der Waals surface area (Å²) in [6.45, 7) is 2.06. The van der Waals surface area contributed by atoms with Crippen molar-refractivity contribution in [2.24, 2.45) is 0 Å². The fourth-order valence-electron chi connectivity index (χ4n) is 0.664. The quantitative estimate of drug-likeness (QED) is 0.479. The molecular formula is C7H10N2S. The predicted molar refractivity (Wildman–Crippen MR) is 43.2 cm³/mol. The van der Waals surface area contributed by atoms with Gasteiger partial charge in [0.05, 0.1) is 5.03 Å². The van der Waals surface area contributed by atoms with Gasteiger partial charge in [-0.05, 0) is 12.3 Å². The number of hydrogen-bond acceptors (Lipinski definition) is 3. The van der Waals surface area contributed by atoms with Gasteiger partial charge in [-0.15, -0.1) is 11.8 Å². The van der Waals surface area contributed by atoms with Gasteiger partial charge in [0.15, 0.2) is 0 Å². The zero-order valence-corrected chi connectivity index (χ0v) is 6.98. The lowest BCUT2D eigenvalue weighted by molar-refractivity contribution is 0.889. The first-order valence-electron chi connectivity index (χ1n) is 3.22. The van der Waals surface area contributed by atoms with E-state index in [2.05, 4.69) is 16.9 Å². The number of aromatic nitrogens is 2. The van der Waals surface area contributed by atoms with E-state index in [0.717, 1.165) is 17.3 Å². The predicted octanol–water partition coefficient (Wildman–Crippen LogP) is 1.76. The van der Waals surface area contributed by atoms with Crippen LogP contribution >= 0.6 is 11.8 Å². The Kier molecular flexibility index (Phi) is 2.68. The highest BCUT2D eigenvalue weighted by Gasteiger charge is 1.93. The smallest absolute Gasteiger partial charge is 0.129 e. The van der Waals surface area contributed by atoms with E-state index in [1.54, 1.807) is 18.0 Å². The summed E-state index contributed by atoms with van der Waals surface area (Å²) in [4.78, 5) is 8.34. The van der Waals surface area contributed by atoms with Crippen molar-refractivity contribution in [1.29, 1.82) is 0 Å². The van der Waals surface area contributed by atoms with Crippen LogP contribution in [0.15, 0.2) is 17.3 Å². The molecule has 0 radical (unpaired) electrons. The minimum absolute atomic E-state index is 0.911. The van der Waals surface area contributed by atoms with Gasteiger partial charge in [0.2, 0.25) is 0 Å². The molecule has 0 unspecified atom stereocenters. The first-order valence-corrected chi connectivity index (χ1v) is 4.45. The highest BCUT2D eigenvalue weighted by atomic mass is 32.2. The highest BCUT2D eigenvalue weighted by Crippen LogP contribution is 2.09. The van der Waals surface area contributed by atoms with E-state index < -0.39 is 0 Å². The number of rotatable bonds is 2. The maximum absolute atomic E-state index is 4.26. The maximum atomic E-state index is 4.26. The Labute approximate surface area is 65.1 Å². The van der Waals surface area contributed by atoms with Gasteiger partial charge >= 0.3 is 0 Å². The van der Waals surface area contributed by atoms with Crippen LogP contribution in [0, 0.1) is 0 Å². The summed E-state index contributed by atoms with van der Waals surface area (Å²) in [6.07, 6.45) is 4.73. The van der Waals surface area contributed by atoms with E-state index in [1.807, 2.05) is 12.3 Å². The zero-order chi connectivity index (χ0) is 7.40. The normalized spacial score (nSPS) is 9.80. The number of thioether (sulfide) groups is 1. The average molecular weight is 154 g/mol. The Bertz CT molecular complexity index is 193. The van der Waals surface area contributed by atoms with Crippen molar-refractivity contribution in [3.63, 3.8) is 0 Å². The molecule has 1 rings (SSSR count). The maximum Gasteiger partial charge on any atom is 0.129 e. The largest absolute Gasteiger partial charge is 0.241 e. The van der Waals surface area contributed by atoms with Gasteiger partial charge in [-0.2, -0.15) is 0 Å².